The fraction of sp³-hybridized carbons (Fsp3) is 0.923. The minimum absolute atomic E-state index is 0.0790. The summed E-state index contributed by atoms with van der Waals surface area (Å²) in [5.41, 5.74) is 0. The van der Waals surface area contributed by atoms with Gasteiger partial charge in [0.25, 0.3) is 0 Å². The molecule has 5 nitrogen and oxygen atoms in total. The Hall–Kier alpha value is -0.810. The lowest BCUT2D eigenvalue weighted by atomic mass is 10.2. The van der Waals surface area contributed by atoms with Crippen molar-refractivity contribution in [2.24, 2.45) is 0 Å². The molecule has 1 rings (SSSR count). The molecule has 1 heterocycles. The van der Waals surface area contributed by atoms with E-state index in [0.29, 0.717) is 6.04 Å². The zero-order valence-corrected chi connectivity index (χ0v) is 12.0. The van der Waals surface area contributed by atoms with Gasteiger partial charge in [-0.2, -0.15) is 0 Å². The number of nitrogens with one attached hydrogen (secondary N) is 2. The van der Waals surface area contributed by atoms with Crippen LogP contribution in [0.2, 0.25) is 0 Å². The highest BCUT2D eigenvalue weighted by atomic mass is 16.2. The lowest BCUT2D eigenvalue weighted by Gasteiger charge is -2.20. The van der Waals surface area contributed by atoms with Crippen molar-refractivity contribution in [2.75, 3.05) is 46.3 Å². The molecule has 0 aromatic rings. The molecule has 0 bridgehead atoms. The van der Waals surface area contributed by atoms with Gasteiger partial charge in [0.2, 0.25) is 0 Å². The Bertz CT molecular complexity index is 245. The number of hydrogen-bond donors (Lipinski definition) is 2. The smallest absolute Gasteiger partial charge is 0.317 e. The maximum atomic E-state index is 11.3. The maximum Gasteiger partial charge on any atom is 0.317 e. The molecule has 18 heavy (non-hydrogen) atoms. The van der Waals surface area contributed by atoms with Gasteiger partial charge in [-0.05, 0) is 46.8 Å². The van der Waals surface area contributed by atoms with Crippen LogP contribution in [-0.2, 0) is 0 Å². The Morgan fingerprint density at radius 3 is 2.78 bits per heavy atom. The summed E-state index contributed by atoms with van der Waals surface area (Å²) in [5.74, 6) is 0. The molecule has 2 amide bonds. The SMILES string of the molecule is CC(C)N(C)CCCCNCCN1CCNC1=O. The van der Waals surface area contributed by atoms with Crippen molar-refractivity contribution in [3.8, 4) is 0 Å². The van der Waals surface area contributed by atoms with Gasteiger partial charge in [0.05, 0.1) is 0 Å². The Kier molecular flexibility index (Phi) is 7.05. The first-order valence-corrected chi connectivity index (χ1v) is 7.05. The van der Waals surface area contributed by atoms with Crippen LogP contribution >= 0.6 is 0 Å². The standard InChI is InChI=1S/C13H28N4O/c1-12(2)16(3)9-5-4-6-14-7-10-17-11-8-15-13(17)18/h12,14H,4-11H2,1-3H3,(H,15,18). The highest BCUT2D eigenvalue weighted by molar-refractivity contribution is 5.76. The van der Waals surface area contributed by atoms with Crippen molar-refractivity contribution in [3.63, 3.8) is 0 Å². The van der Waals surface area contributed by atoms with Gasteiger partial charge >= 0.3 is 6.03 Å². The summed E-state index contributed by atoms with van der Waals surface area (Å²) in [6.45, 7) is 10.00. The molecule has 0 atom stereocenters. The molecular formula is C13H28N4O. The number of carbonyl (C=O) groups is 1. The number of carbonyl (C=O) groups excluding carboxylic acids is 1. The van der Waals surface area contributed by atoms with E-state index in [-0.39, 0.29) is 6.03 Å². The van der Waals surface area contributed by atoms with Crippen LogP contribution in [0.15, 0.2) is 0 Å². The number of urea groups is 1. The van der Waals surface area contributed by atoms with Crippen molar-refractivity contribution >= 4 is 6.03 Å². The molecule has 1 fully saturated rings. The second kappa shape index (κ2) is 8.32. The van der Waals surface area contributed by atoms with Crippen molar-refractivity contribution in [1.29, 1.82) is 0 Å². The molecule has 0 aliphatic carbocycles. The van der Waals surface area contributed by atoms with E-state index in [1.807, 2.05) is 4.90 Å². The fourth-order valence-electron chi connectivity index (χ4n) is 1.93. The molecule has 0 spiro atoms. The zero-order chi connectivity index (χ0) is 13.4. The summed E-state index contributed by atoms with van der Waals surface area (Å²) >= 11 is 0. The van der Waals surface area contributed by atoms with Crippen LogP contribution < -0.4 is 10.6 Å². The number of rotatable bonds is 9. The van der Waals surface area contributed by atoms with Crippen molar-refractivity contribution in [1.82, 2.24) is 20.4 Å². The number of nitrogens with zero attached hydrogens (tertiary/aromatic N) is 2. The van der Waals surface area contributed by atoms with E-state index < -0.39 is 0 Å². The van der Waals surface area contributed by atoms with Crippen LogP contribution in [0.5, 0.6) is 0 Å². The molecule has 0 unspecified atom stereocenters. The Morgan fingerprint density at radius 2 is 2.17 bits per heavy atom. The summed E-state index contributed by atoms with van der Waals surface area (Å²) in [7, 11) is 2.17. The molecule has 0 aromatic carbocycles. The third-order valence-corrected chi connectivity index (χ3v) is 3.50. The minimum Gasteiger partial charge on any atom is -0.336 e. The molecule has 0 radical (unpaired) electrons. The van der Waals surface area contributed by atoms with E-state index >= 15 is 0 Å². The Morgan fingerprint density at radius 1 is 1.39 bits per heavy atom. The van der Waals surface area contributed by atoms with E-state index in [1.165, 1.54) is 12.8 Å². The van der Waals surface area contributed by atoms with Crippen LogP contribution in [0, 0.1) is 0 Å². The van der Waals surface area contributed by atoms with E-state index in [9.17, 15) is 4.79 Å². The van der Waals surface area contributed by atoms with Crippen molar-refractivity contribution in [2.45, 2.75) is 32.7 Å². The lowest BCUT2D eigenvalue weighted by molar-refractivity contribution is 0.217. The third-order valence-electron chi connectivity index (χ3n) is 3.50. The minimum atomic E-state index is 0.0790. The van der Waals surface area contributed by atoms with E-state index in [1.54, 1.807) is 0 Å². The monoisotopic (exact) mass is 256 g/mol. The number of amides is 2. The molecule has 106 valence electrons. The maximum absolute atomic E-state index is 11.3. The first-order chi connectivity index (χ1) is 8.61. The highest BCUT2D eigenvalue weighted by Crippen LogP contribution is 1.97. The van der Waals surface area contributed by atoms with Crippen molar-refractivity contribution < 1.29 is 4.79 Å². The number of hydrogen-bond acceptors (Lipinski definition) is 3. The molecule has 1 aliphatic heterocycles. The fourth-order valence-corrected chi connectivity index (χ4v) is 1.93. The predicted molar refractivity (Wildman–Crippen MR) is 74.8 cm³/mol. The summed E-state index contributed by atoms with van der Waals surface area (Å²) in [4.78, 5) is 15.5. The summed E-state index contributed by atoms with van der Waals surface area (Å²) in [5, 5.41) is 6.20. The third kappa shape index (κ3) is 5.69. The second-order valence-corrected chi connectivity index (χ2v) is 5.25. The van der Waals surface area contributed by atoms with Crippen molar-refractivity contribution in [3.05, 3.63) is 0 Å². The quantitative estimate of drug-likeness (QED) is 0.598. The molecule has 1 saturated heterocycles. The van der Waals surface area contributed by atoms with E-state index in [2.05, 4.69) is 36.4 Å². The zero-order valence-electron chi connectivity index (χ0n) is 12.0. The molecule has 1 aliphatic rings. The van der Waals surface area contributed by atoms with Gasteiger partial charge in [-0.1, -0.05) is 0 Å². The molecule has 0 aromatic heterocycles. The Labute approximate surface area is 111 Å². The molecule has 2 N–H and O–H groups in total. The summed E-state index contributed by atoms with van der Waals surface area (Å²) in [6, 6.07) is 0.710. The van der Waals surface area contributed by atoms with Crippen LogP contribution in [0.3, 0.4) is 0 Å². The molecule has 0 saturated carbocycles. The number of unbranched alkanes of at least 4 members (excludes halogenated alkanes) is 1. The highest BCUT2D eigenvalue weighted by Gasteiger charge is 2.17. The van der Waals surface area contributed by atoms with Gasteiger partial charge in [-0.3, -0.25) is 0 Å². The Balaban J connectivity index is 1.88. The first kappa shape index (κ1) is 15.2. The average molecular weight is 256 g/mol. The van der Waals surface area contributed by atoms with Gasteiger partial charge in [0.15, 0.2) is 0 Å². The lowest BCUT2D eigenvalue weighted by Crippen LogP contribution is -2.35. The predicted octanol–water partition coefficient (Wildman–Crippen LogP) is 0.722. The second-order valence-electron chi connectivity index (χ2n) is 5.25. The normalized spacial score (nSPS) is 15.8. The largest absolute Gasteiger partial charge is 0.336 e. The van der Waals surface area contributed by atoms with Gasteiger partial charge in [-0.25, -0.2) is 4.79 Å². The van der Waals surface area contributed by atoms with Gasteiger partial charge in [0, 0.05) is 32.2 Å². The van der Waals surface area contributed by atoms with Gasteiger partial charge in [-0.15, -0.1) is 0 Å². The molecule has 5 heteroatoms. The van der Waals surface area contributed by atoms with Gasteiger partial charge < -0.3 is 20.4 Å². The summed E-state index contributed by atoms with van der Waals surface area (Å²) < 4.78 is 0. The first-order valence-electron chi connectivity index (χ1n) is 7.05. The molecular weight excluding hydrogens is 228 g/mol. The van der Waals surface area contributed by atoms with E-state index in [0.717, 1.165) is 39.3 Å². The summed E-state index contributed by atoms with van der Waals surface area (Å²) in [6.07, 6.45) is 2.43. The van der Waals surface area contributed by atoms with Crippen LogP contribution in [-0.4, -0.2) is 68.2 Å². The average Bonchev–Trinajstić information content (AvgIpc) is 2.73. The van der Waals surface area contributed by atoms with Crippen LogP contribution in [0.4, 0.5) is 4.79 Å². The van der Waals surface area contributed by atoms with Crippen LogP contribution in [0.1, 0.15) is 26.7 Å². The van der Waals surface area contributed by atoms with Crippen LogP contribution in [0.25, 0.3) is 0 Å². The topological polar surface area (TPSA) is 47.6 Å². The van der Waals surface area contributed by atoms with Gasteiger partial charge in [0.1, 0.15) is 0 Å². The van der Waals surface area contributed by atoms with E-state index in [4.69, 9.17) is 0 Å².